The number of alkyl halides is 3. The van der Waals surface area contributed by atoms with Crippen molar-refractivity contribution in [2.45, 2.75) is 36.3 Å². The standard InChI is InChI=1S/C19H16F3N7O2S/c1-18(2)16(30)29(12-3-5-13(6-4-12)32-19(20,21)22)17(31)28(18)10-11-7-8-23-14(9-11)15-24-26-27-25-15/h3-9H,10H2,1-2H3,(H,24,25,26,27). The minimum Gasteiger partial charge on any atom is -0.305 e. The maximum absolute atomic E-state index is 13.2. The molecule has 1 saturated heterocycles. The second-order valence-corrected chi connectivity index (χ2v) is 8.53. The quantitative estimate of drug-likeness (QED) is 0.455. The highest BCUT2D eigenvalue weighted by molar-refractivity contribution is 8.00. The molecule has 1 aromatic carbocycles. The fourth-order valence-electron chi connectivity index (χ4n) is 3.27. The highest BCUT2D eigenvalue weighted by Gasteiger charge is 2.51. The van der Waals surface area contributed by atoms with Crippen LogP contribution in [0.5, 0.6) is 0 Å². The lowest BCUT2D eigenvalue weighted by molar-refractivity contribution is -0.123. The Morgan fingerprint density at radius 3 is 2.47 bits per heavy atom. The Morgan fingerprint density at radius 2 is 1.84 bits per heavy atom. The molecule has 2 aromatic heterocycles. The van der Waals surface area contributed by atoms with Crippen molar-refractivity contribution in [3.8, 4) is 11.5 Å². The van der Waals surface area contributed by atoms with Crippen molar-refractivity contribution >= 4 is 29.4 Å². The molecule has 1 fully saturated rings. The number of rotatable bonds is 5. The summed E-state index contributed by atoms with van der Waals surface area (Å²) >= 11 is -0.266. The Morgan fingerprint density at radius 1 is 1.12 bits per heavy atom. The van der Waals surface area contributed by atoms with Crippen LogP contribution >= 0.6 is 11.8 Å². The normalized spacial score (nSPS) is 16.2. The third-order valence-corrected chi connectivity index (χ3v) is 5.63. The van der Waals surface area contributed by atoms with Gasteiger partial charge in [-0.3, -0.25) is 9.78 Å². The van der Waals surface area contributed by atoms with Crippen molar-refractivity contribution in [3.05, 3.63) is 48.2 Å². The first-order valence-electron chi connectivity index (χ1n) is 9.27. The van der Waals surface area contributed by atoms with Crippen molar-refractivity contribution < 1.29 is 22.8 Å². The molecule has 0 atom stereocenters. The molecule has 0 bridgehead atoms. The highest BCUT2D eigenvalue weighted by atomic mass is 32.2. The second-order valence-electron chi connectivity index (χ2n) is 7.39. The van der Waals surface area contributed by atoms with E-state index in [0.717, 1.165) is 4.90 Å². The van der Waals surface area contributed by atoms with Crippen LogP contribution < -0.4 is 4.90 Å². The van der Waals surface area contributed by atoms with E-state index in [-0.39, 0.29) is 34.7 Å². The zero-order valence-electron chi connectivity index (χ0n) is 16.8. The monoisotopic (exact) mass is 463 g/mol. The smallest absolute Gasteiger partial charge is 0.305 e. The Kier molecular flexibility index (Phi) is 5.36. The molecule has 0 radical (unpaired) electrons. The molecule has 1 aliphatic rings. The molecule has 0 saturated carbocycles. The summed E-state index contributed by atoms with van der Waals surface area (Å²) < 4.78 is 37.7. The Balaban J connectivity index is 1.58. The van der Waals surface area contributed by atoms with E-state index in [4.69, 9.17) is 0 Å². The van der Waals surface area contributed by atoms with Crippen LogP contribution in [-0.2, 0) is 11.3 Å². The number of imide groups is 1. The van der Waals surface area contributed by atoms with Gasteiger partial charge in [-0.05, 0) is 72.8 Å². The maximum atomic E-state index is 13.2. The summed E-state index contributed by atoms with van der Waals surface area (Å²) in [6.45, 7) is 3.33. The molecule has 1 N–H and O–H groups in total. The fraction of sp³-hybridized carbons (Fsp3) is 0.263. The number of amides is 3. The Hall–Kier alpha value is -3.48. The molecule has 3 heterocycles. The minimum absolute atomic E-state index is 0.0396. The van der Waals surface area contributed by atoms with Gasteiger partial charge in [0.25, 0.3) is 5.91 Å². The van der Waals surface area contributed by atoms with Gasteiger partial charge in [-0.2, -0.15) is 18.4 Å². The van der Waals surface area contributed by atoms with Gasteiger partial charge in [0.05, 0.1) is 5.69 Å². The van der Waals surface area contributed by atoms with Gasteiger partial charge in [-0.25, -0.2) is 9.69 Å². The van der Waals surface area contributed by atoms with Crippen LogP contribution in [-0.4, -0.2) is 53.5 Å². The third kappa shape index (κ3) is 4.15. The zero-order chi connectivity index (χ0) is 23.1. The van der Waals surface area contributed by atoms with E-state index in [0.29, 0.717) is 11.3 Å². The highest BCUT2D eigenvalue weighted by Crippen LogP contribution is 2.39. The number of nitrogens with one attached hydrogen (secondary N) is 1. The van der Waals surface area contributed by atoms with Crippen LogP contribution in [0.3, 0.4) is 0 Å². The van der Waals surface area contributed by atoms with Gasteiger partial charge >= 0.3 is 11.5 Å². The summed E-state index contributed by atoms with van der Waals surface area (Å²) in [5, 5.41) is 13.6. The summed E-state index contributed by atoms with van der Waals surface area (Å²) in [5.74, 6) is -0.195. The lowest BCUT2D eigenvalue weighted by Crippen LogP contribution is -2.43. The SMILES string of the molecule is CC1(C)C(=O)N(c2ccc(SC(F)(F)F)cc2)C(=O)N1Cc1ccnc(-c2nn[nH]n2)c1. The Bertz CT molecular complexity index is 1150. The summed E-state index contributed by atoms with van der Waals surface area (Å²) in [4.78, 5) is 32.7. The van der Waals surface area contributed by atoms with E-state index in [1.807, 2.05) is 0 Å². The van der Waals surface area contributed by atoms with Gasteiger partial charge in [-0.15, -0.1) is 10.2 Å². The molecule has 9 nitrogen and oxygen atoms in total. The number of tetrazole rings is 1. The summed E-state index contributed by atoms with van der Waals surface area (Å²) in [6.07, 6.45) is 1.53. The first kappa shape index (κ1) is 21.7. The molecule has 0 unspecified atom stereocenters. The third-order valence-electron chi connectivity index (χ3n) is 4.89. The largest absolute Gasteiger partial charge is 0.446 e. The molecule has 13 heteroatoms. The molecule has 4 rings (SSSR count). The van der Waals surface area contributed by atoms with Crippen molar-refractivity contribution in [2.24, 2.45) is 0 Å². The van der Waals surface area contributed by atoms with Gasteiger partial charge < -0.3 is 4.90 Å². The van der Waals surface area contributed by atoms with Crippen LogP contribution in [0.15, 0.2) is 47.5 Å². The number of halogens is 3. The van der Waals surface area contributed by atoms with Crippen LogP contribution in [0.1, 0.15) is 19.4 Å². The van der Waals surface area contributed by atoms with Crippen molar-refractivity contribution in [1.29, 1.82) is 0 Å². The average molecular weight is 463 g/mol. The first-order valence-corrected chi connectivity index (χ1v) is 10.1. The van der Waals surface area contributed by atoms with Crippen LogP contribution in [0.25, 0.3) is 11.5 Å². The number of thioether (sulfide) groups is 1. The van der Waals surface area contributed by atoms with Gasteiger partial charge in [0, 0.05) is 17.6 Å². The number of urea groups is 1. The fourth-order valence-corrected chi connectivity index (χ4v) is 3.81. The average Bonchev–Trinajstić information content (AvgIpc) is 3.31. The zero-order valence-corrected chi connectivity index (χ0v) is 17.6. The van der Waals surface area contributed by atoms with Crippen LogP contribution in [0.4, 0.5) is 23.7 Å². The molecule has 1 aliphatic heterocycles. The molecular formula is C19H16F3N7O2S. The molecule has 32 heavy (non-hydrogen) atoms. The number of hydrogen-bond donors (Lipinski definition) is 1. The number of nitrogens with zero attached hydrogens (tertiary/aromatic N) is 6. The molecule has 0 aliphatic carbocycles. The minimum atomic E-state index is -4.43. The van der Waals surface area contributed by atoms with Gasteiger partial charge in [0.2, 0.25) is 5.82 Å². The van der Waals surface area contributed by atoms with Gasteiger partial charge in [0.15, 0.2) is 0 Å². The molecule has 3 aromatic rings. The number of anilines is 1. The number of pyridine rings is 1. The number of benzene rings is 1. The summed E-state index contributed by atoms with van der Waals surface area (Å²) in [6, 6.07) is 7.91. The lowest BCUT2D eigenvalue weighted by atomic mass is 10.0. The molecule has 166 valence electrons. The van der Waals surface area contributed by atoms with Crippen molar-refractivity contribution in [2.75, 3.05) is 4.90 Å². The van der Waals surface area contributed by atoms with Gasteiger partial charge in [0.1, 0.15) is 11.2 Å². The predicted octanol–water partition coefficient (Wildman–Crippen LogP) is 3.62. The van der Waals surface area contributed by atoms with Crippen molar-refractivity contribution in [1.82, 2.24) is 30.5 Å². The van der Waals surface area contributed by atoms with E-state index in [2.05, 4.69) is 25.6 Å². The summed E-state index contributed by atoms with van der Waals surface area (Å²) in [5.41, 5.74) is -4.27. The predicted molar refractivity (Wildman–Crippen MR) is 108 cm³/mol. The van der Waals surface area contributed by atoms with E-state index in [1.165, 1.54) is 35.4 Å². The van der Waals surface area contributed by atoms with E-state index < -0.39 is 23.0 Å². The van der Waals surface area contributed by atoms with Crippen LogP contribution in [0.2, 0.25) is 0 Å². The molecular weight excluding hydrogens is 447 g/mol. The molecule has 3 amide bonds. The van der Waals surface area contributed by atoms with E-state index in [1.54, 1.807) is 26.0 Å². The van der Waals surface area contributed by atoms with E-state index in [9.17, 15) is 22.8 Å². The number of carbonyl (C=O) groups is 2. The van der Waals surface area contributed by atoms with Crippen molar-refractivity contribution in [3.63, 3.8) is 0 Å². The summed E-state index contributed by atoms with van der Waals surface area (Å²) in [7, 11) is 0. The maximum Gasteiger partial charge on any atom is 0.446 e. The number of H-pyrrole nitrogens is 1. The topological polar surface area (TPSA) is 108 Å². The Labute approximate surface area is 184 Å². The van der Waals surface area contributed by atoms with E-state index >= 15 is 0 Å². The van der Waals surface area contributed by atoms with Gasteiger partial charge in [-0.1, -0.05) is 0 Å². The number of aromatic amines is 1. The second kappa shape index (κ2) is 7.89. The lowest BCUT2D eigenvalue weighted by Gasteiger charge is -2.27. The first-order chi connectivity index (χ1) is 15.1. The number of carbonyl (C=O) groups excluding carboxylic acids is 2. The number of hydrogen-bond acceptors (Lipinski definition) is 7. The number of aromatic nitrogens is 5. The molecule has 0 spiro atoms. The van der Waals surface area contributed by atoms with Crippen LogP contribution in [0, 0.1) is 0 Å².